The zero-order chi connectivity index (χ0) is 24.5. The molecule has 1 fully saturated rings. The summed E-state index contributed by atoms with van der Waals surface area (Å²) < 4.78 is 14.0. The summed E-state index contributed by atoms with van der Waals surface area (Å²) in [6, 6.07) is 11.3. The van der Waals surface area contributed by atoms with Gasteiger partial charge in [0, 0.05) is 35.5 Å². The Morgan fingerprint density at radius 3 is 2.59 bits per heavy atom. The molecule has 178 valence electrons. The average Bonchev–Trinajstić information content (AvgIpc) is 3.22. The van der Waals surface area contributed by atoms with Crippen LogP contribution in [0.3, 0.4) is 0 Å². The maximum Gasteiger partial charge on any atom is 0.244 e. The summed E-state index contributed by atoms with van der Waals surface area (Å²) in [5.41, 5.74) is 0.966. The van der Waals surface area contributed by atoms with Crippen molar-refractivity contribution in [2.75, 3.05) is 6.54 Å². The maximum atomic E-state index is 14.0. The van der Waals surface area contributed by atoms with Gasteiger partial charge in [-0.2, -0.15) is 0 Å². The van der Waals surface area contributed by atoms with E-state index in [0.29, 0.717) is 19.3 Å². The van der Waals surface area contributed by atoms with Gasteiger partial charge in [0.2, 0.25) is 17.7 Å². The van der Waals surface area contributed by atoms with E-state index >= 15 is 0 Å². The third-order valence-electron chi connectivity index (χ3n) is 5.49. The Bertz CT molecular complexity index is 1080. The summed E-state index contributed by atoms with van der Waals surface area (Å²) in [6.45, 7) is 0.538. The van der Waals surface area contributed by atoms with Crippen LogP contribution in [0.25, 0.3) is 6.08 Å². The highest BCUT2D eigenvalue weighted by atomic mass is 35.5. The van der Waals surface area contributed by atoms with Crippen LogP contribution in [0.1, 0.15) is 24.0 Å². The van der Waals surface area contributed by atoms with Crippen molar-refractivity contribution in [3.63, 3.8) is 0 Å². The Labute approximate surface area is 201 Å². The van der Waals surface area contributed by atoms with E-state index in [9.17, 15) is 23.6 Å². The number of carbonyl (C=O) groups excluding carboxylic acids is 4. The molecule has 0 spiro atoms. The molecule has 1 aliphatic rings. The van der Waals surface area contributed by atoms with E-state index in [1.165, 1.54) is 18.2 Å². The summed E-state index contributed by atoms with van der Waals surface area (Å²) in [7, 11) is 0. The van der Waals surface area contributed by atoms with Crippen LogP contribution in [0, 0.1) is 11.7 Å². The van der Waals surface area contributed by atoms with Crippen molar-refractivity contribution < 1.29 is 23.6 Å². The number of halogens is 2. The van der Waals surface area contributed by atoms with Crippen molar-refractivity contribution in [3.8, 4) is 0 Å². The largest absolute Gasteiger partial charge is 0.356 e. The van der Waals surface area contributed by atoms with Gasteiger partial charge in [0.25, 0.3) is 0 Å². The molecule has 0 bridgehead atoms. The molecule has 3 atom stereocenters. The molecule has 0 saturated carbocycles. The molecule has 0 radical (unpaired) electrons. The van der Waals surface area contributed by atoms with Gasteiger partial charge in [0.1, 0.15) is 18.1 Å². The van der Waals surface area contributed by atoms with Crippen LogP contribution in [0.2, 0.25) is 5.02 Å². The highest BCUT2D eigenvalue weighted by molar-refractivity contribution is 6.30. The normalized spacial score (nSPS) is 17.1. The van der Waals surface area contributed by atoms with Crippen LogP contribution < -0.4 is 16.0 Å². The van der Waals surface area contributed by atoms with E-state index in [4.69, 9.17) is 11.6 Å². The lowest BCUT2D eigenvalue weighted by molar-refractivity contribution is -0.129. The molecule has 2 aromatic carbocycles. The Morgan fingerprint density at radius 2 is 1.94 bits per heavy atom. The summed E-state index contributed by atoms with van der Waals surface area (Å²) in [5, 5.41) is 8.18. The highest BCUT2D eigenvalue weighted by Gasteiger charge is 2.29. The summed E-state index contributed by atoms with van der Waals surface area (Å²) >= 11 is 5.74. The molecule has 3 N–H and O–H groups in total. The van der Waals surface area contributed by atoms with E-state index in [0.717, 1.165) is 17.7 Å². The van der Waals surface area contributed by atoms with Gasteiger partial charge in [-0.15, -0.1) is 0 Å². The van der Waals surface area contributed by atoms with Crippen molar-refractivity contribution >= 4 is 41.7 Å². The fourth-order valence-corrected chi connectivity index (χ4v) is 3.85. The zero-order valence-electron chi connectivity index (χ0n) is 18.3. The van der Waals surface area contributed by atoms with Gasteiger partial charge >= 0.3 is 0 Å². The van der Waals surface area contributed by atoms with Crippen molar-refractivity contribution in [1.82, 2.24) is 16.0 Å². The number of amides is 3. The number of rotatable bonds is 10. The van der Waals surface area contributed by atoms with E-state index in [2.05, 4.69) is 16.0 Å². The molecular formula is C25H25ClFN3O4. The van der Waals surface area contributed by atoms with Gasteiger partial charge in [-0.05, 0) is 36.6 Å². The first kappa shape index (κ1) is 25.1. The third kappa shape index (κ3) is 7.25. The van der Waals surface area contributed by atoms with Gasteiger partial charge in [-0.1, -0.05) is 48.0 Å². The van der Waals surface area contributed by atoms with E-state index in [-0.39, 0.29) is 35.3 Å². The SMILES string of the molecule is O=C[C@H](CC1CCNC1=O)NC(=O)[C@@H](Cc1ccccc1)NC(=O)/C=C/c1ccc(Cl)cc1F. The van der Waals surface area contributed by atoms with Crippen molar-refractivity contribution in [1.29, 1.82) is 0 Å². The van der Waals surface area contributed by atoms with E-state index in [1.807, 2.05) is 30.3 Å². The Hall–Kier alpha value is -3.52. The maximum absolute atomic E-state index is 14.0. The van der Waals surface area contributed by atoms with Crippen molar-refractivity contribution in [3.05, 3.63) is 76.6 Å². The lowest BCUT2D eigenvalue weighted by Crippen LogP contribution is -2.51. The van der Waals surface area contributed by atoms with Crippen LogP contribution in [0.5, 0.6) is 0 Å². The van der Waals surface area contributed by atoms with E-state index < -0.39 is 29.7 Å². The number of aldehydes is 1. The second kappa shape index (κ2) is 12.1. The van der Waals surface area contributed by atoms with Crippen molar-refractivity contribution in [2.24, 2.45) is 5.92 Å². The fraction of sp³-hybridized carbons (Fsp3) is 0.280. The Balaban J connectivity index is 1.69. The zero-order valence-corrected chi connectivity index (χ0v) is 19.1. The van der Waals surface area contributed by atoms with Crippen LogP contribution in [-0.4, -0.2) is 42.6 Å². The van der Waals surface area contributed by atoms with Crippen LogP contribution in [0.4, 0.5) is 4.39 Å². The second-order valence-electron chi connectivity index (χ2n) is 8.01. The lowest BCUT2D eigenvalue weighted by atomic mass is 9.98. The standard InChI is InChI=1S/C25H25ClFN3O4/c26-19-8-6-17(21(27)14-19)7-9-23(32)30-22(12-16-4-2-1-3-5-16)25(34)29-20(15-31)13-18-10-11-28-24(18)33/h1-9,14-15,18,20,22H,10-13H2,(H,28,33)(H,29,34)(H,30,32)/b9-7+/t18?,20-,22+/m0/s1. The molecule has 1 unspecified atom stereocenters. The van der Waals surface area contributed by atoms with Crippen LogP contribution in [0.15, 0.2) is 54.6 Å². The lowest BCUT2D eigenvalue weighted by Gasteiger charge is -2.21. The average molecular weight is 486 g/mol. The second-order valence-corrected chi connectivity index (χ2v) is 8.45. The molecule has 0 aliphatic carbocycles. The highest BCUT2D eigenvalue weighted by Crippen LogP contribution is 2.17. The van der Waals surface area contributed by atoms with Gasteiger partial charge in [0.15, 0.2) is 0 Å². The molecule has 3 rings (SSSR count). The summed E-state index contributed by atoms with van der Waals surface area (Å²) in [6.07, 6.45) is 3.95. The molecule has 1 heterocycles. The van der Waals surface area contributed by atoms with Crippen LogP contribution >= 0.6 is 11.6 Å². The van der Waals surface area contributed by atoms with Gasteiger partial charge in [-0.25, -0.2) is 4.39 Å². The van der Waals surface area contributed by atoms with Crippen molar-refractivity contribution in [2.45, 2.75) is 31.3 Å². The Kier molecular flexibility index (Phi) is 8.93. The number of hydrogen-bond donors (Lipinski definition) is 3. The molecule has 0 aromatic heterocycles. The quantitative estimate of drug-likeness (QED) is 0.355. The fourth-order valence-electron chi connectivity index (χ4n) is 3.69. The third-order valence-corrected chi connectivity index (χ3v) is 5.72. The number of hydrogen-bond acceptors (Lipinski definition) is 4. The van der Waals surface area contributed by atoms with Crippen LogP contribution in [-0.2, 0) is 25.6 Å². The van der Waals surface area contributed by atoms with Gasteiger partial charge in [0.05, 0.1) is 6.04 Å². The molecule has 1 saturated heterocycles. The Morgan fingerprint density at radius 1 is 1.18 bits per heavy atom. The minimum Gasteiger partial charge on any atom is -0.356 e. The smallest absolute Gasteiger partial charge is 0.244 e. The first-order chi connectivity index (χ1) is 16.4. The predicted octanol–water partition coefficient (Wildman–Crippen LogP) is 2.43. The topological polar surface area (TPSA) is 104 Å². The summed E-state index contributed by atoms with van der Waals surface area (Å²) in [4.78, 5) is 48.9. The monoisotopic (exact) mass is 485 g/mol. The number of benzene rings is 2. The number of carbonyl (C=O) groups is 4. The molecule has 3 amide bonds. The molecular weight excluding hydrogens is 461 g/mol. The number of nitrogens with one attached hydrogen (secondary N) is 3. The molecule has 2 aromatic rings. The first-order valence-corrected chi connectivity index (χ1v) is 11.2. The van der Waals surface area contributed by atoms with Gasteiger partial charge in [-0.3, -0.25) is 14.4 Å². The first-order valence-electron chi connectivity index (χ1n) is 10.9. The van der Waals surface area contributed by atoms with Gasteiger partial charge < -0.3 is 20.7 Å². The molecule has 7 nitrogen and oxygen atoms in total. The summed E-state index contributed by atoms with van der Waals surface area (Å²) in [5.74, 6) is -2.24. The minimum absolute atomic E-state index is 0.144. The molecule has 9 heteroatoms. The minimum atomic E-state index is -0.991. The molecule has 1 aliphatic heterocycles. The van der Waals surface area contributed by atoms with E-state index in [1.54, 1.807) is 0 Å². The predicted molar refractivity (Wildman–Crippen MR) is 126 cm³/mol. The molecule has 34 heavy (non-hydrogen) atoms.